The molecule has 10 rings (SSSR count). The van der Waals surface area contributed by atoms with Crippen molar-refractivity contribution < 1.29 is 19.0 Å². The molecular formula is C38H42FN7O3. The van der Waals surface area contributed by atoms with Crippen LogP contribution >= 0.6 is 0 Å². The van der Waals surface area contributed by atoms with Crippen molar-refractivity contribution in [3.05, 3.63) is 53.5 Å². The molecule has 1 saturated carbocycles. The Morgan fingerprint density at radius 1 is 0.980 bits per heavy atom. The number of hydrogen-bond acceptors (Lipinski definition) is 9. The summed E-state index contributed by atoms with van der Waals surface area (Å²) in [6.45, 7) is 11.4. The Bertz CT molecular complexity index is 2140. The second-order valence-electron chi connectivity index (χ2n) is 15.5. The van der Waals surface area contributed by atoms with Crippen LogP contribution in [0.4, 0.5) is 10.2 Å². The molecule has 254 valence electrons. The first-order valence-electron chi connectivity index (χ1n) is 17.9. The van der Waals surface area contributed by atoms with E-state index in [0.29, 0.717) is 30.3 Å². The zero-order chi connectivity index (χ0) is 33.2. The summed E-state index contributed by atoms with van der Waals surface area (Å²) in [7, 11) is 0. The molecule has 2 aliphatic carbocycles. The Balaban J connectivity index is 1.15. The largest absolute Gasteiger partial charge is 0.508 e. The van der Waals surface area contributed by atoms with Crippen molar-refractivity contribution in [1.29, 1.82) is 0 Å². The van der Waals surface area contributed by atoms with Gasteiger partial charge in [0.1, 0.15) is 17.4 Å². The van der Waals surface area contributed by atoms with Crippen molar-refractivity contribution in [3.63, 3.8) is 0 Å². The first kappa shape index (κ1) is 29.8. The molecule has 3 aliphatic heterocycles. The molecule has 2 aromatic carbocycles. The van der Waals surface area contributed by atoms with Gasteiger partial charge in [-0.15, -0.1) is 0 Å². The highest BCUT2D eigenvalue weighted by Gasteiger charge is 2.46. The molecule has 11 heteroatoms. The molecule has 2 N–H and O–H groups in total. The van der Waals surface area contributed by atoms with E-state index < -0.39 is 0 Å². The van der Waals surface area contributed by atoms with E-state index in [1.807, 2.05) is 10.6 Å². The first-order valence-corrected chi connectivity index (χ1v) is 17.9. The highest BCUT2D eigenvalue weighted by Crippen LogP contribution is 2.52. The van der Waals surface area contributed by atoms with Gasteiger partial charge in [-0.25, -0.2) is 8.91 Å². The van der Waals surface area contributed by atoms with Gasteiger partial charge >= 0.3 is 6.01 Å². The van der Waals surface area contributed by atoms with Gasteiger partial charge in [-0.05, 0) is 74.6 Å². The van der Waals surface area contributed by atoms with Gasteiger partial charge in [-0.3, -0.25) is 4.90 Å². The number of anilines is 1. The first-order chi connectivity index (χ1) is 23.7. The summed E-state index contributed by atoms with van der Waals surface area (Å²) < 4.78 is 30.5. The number of piperazine rings is 1. The van der Waals surface area contributed by atoms with Crippen molar-refractivity contribution in [2.75, 3.05) is 44.2 Å². The number of rotatable bonds is 6. The smallest absolute Gasteiger partial charge is 0.318 e. The van der Waals surface area contributed by atoms with E-state index in [4.69, 9.17) is 24.5 Å². The summed E-state index contributed by atoms with van der Waals surface area (Å²) >= 11 is 0. The molecule has 3 aromatic heterocycles. The number of aromatic nitrogens is 4. The van der Waals surface area contributed by atoms with Crippen molar-refractivity contribution in [3.8, 4) is 23.0 Å². The quantitative estimate of drug-likeness (QED) is 0.240. The fourth-order valence-corrected chi connectivity index (χ4v) is 9.53. The van der Waals surface area contributed by atoms with Crippen LogP contribution in [0.1, 0.15) is 63.5 Å². The Labute approximate surface area is 284 Å². The molecule has 5 unspecified atom stereocenters. The van der Waals surface area contributed by atoms with Crippen LogP contribution in [-0.2, 0) is 4.74 Å². The minimum Gasteiger partial charge on any atom is -0.508 e. The maximum atomic E-state index is 15.9. The number of nitrogens with zero attached hydrogens (tertiary/aromatic N) is 6. The number of nitrogens with one attached hydrogen (secondary N) is 1. The number of phenols is 1. The molecule has 2 bridgehead atoms. The van der Waals surface area contributed by atoms with E-state index in [-0.39, 0.29) is 35.1 Å². The topological polar surface area (TPSA) is 100 Å². The Hall–Kier alpha value is -4.06. The number of phenolic OH excluding ortho intramolecular Hbond substituents is 1. The number of benzene rings is 2. The Morgan fingerprint density at radius 2 is 1.76 bits per heavy atom. The Kier molecular flexibility index (Phi) is 6.52. The van der Waals surface area contributed by atoms with Crippen LogP contribution < -0.4 is 15.0 Å². The number of halogens is 1. The standard InChI is InChI=1S/C38H42FN7O3/c1-20-14-44(15-21(2)49-20)18-38(9-10-38)19-48-37-42-34-31-22(3)30-28(39)7-4-23-12-26(47)13-27(32(23)30)35(31)46-29(8-11-40-46)33(34)36(43-37)45-16-24-5-6-25(17-45)41-24/h4,7-8,11-13,20-22,24-25,41,47H,5-6,9-10,14-19H2,1-3H3. The molecule has 0 amide bonds. The molecule has 0 radical (unpaired) electrons. The van der Waals surface area contributed by atoms with Gasteiger partial charge in [0.05, 0.1) is 47.1 Å². The summed E-state index contributed by atoms with van der Waals surface area (Å²) in [5.74, 6) is 0.378. The van der Waals surface area contributed by atoms with E-state index in [0.717, 1.165) is 108 Å². The molecule has 6 heterocycles. The lowest BCUT2D eigenvalue weighted by atomic mass is 9.78. The van der Waals surface area contributed by atoms with Crippen LogP contribution in [0.5, 0.6) is 11.8 Å². The second kappa shape index (κ2) is 10.7. The monoisotopic (exact) mass is 663 g/mol. The maximum Gasteiger partial charge on any atom is 0.318 e. The van der Waals surface area contributed by atoms with E-state index in [1.54, 1.807) is 24.4 Å². The van der Waals surface area contributed by atoms with E-state index >= 15 is 4.39 Å². The zero-order valence-corrected chi connectivity index (χ0v) is 28.2. The molecule has 0 spiro atoms. The summed E-state index contributed by atoms with van der Waals surface area (Å²) in [5.41, 5.74) is 4.78. The summed E-state index contributed by atoms with van der Waals surface area (Å²) in [6, 6.07) is 9.88. The van der Waals surface area contributed by atoms with Crippen LogP contribution in [0.15, 0.2) is 36.5 Å². The predicted molar refractivity (Wildman–Crippen MR) is 186 cm³/mol. The molecule has 4 fully saturated rings. The normalized spacial score (nSPS) is 27.3. The van der Waals surface area contributed by atoms with Crippen molar-refractivity contribution in [1.82, 2.24) is 29.8 Å². The fourth-order valence-electron chi connectivity index (χ4n) is 9.53. The van der Waals surface area contributed by atoms with Gasteiger partial charge in [0.15, 0.2) is 0 Å². The number of morpholine rings is 1. The maximum absolute atomic E-state index is 15.9. The second-order valence-corrected chi connectivity index (χ2v) is 15.5. The highest BCUT2D eigenvalue weighted by molar-refractivity contribution is 6.11. The third-order valence-electron chi connectivity index (χ3n) is 11.7. The number of hydrogen-bond donors (Lipinski definition) is 2. The Morgan fingerprint density at radius 3 is 2.51 bits per heavy atom. The molecule has 3 saturated heterocycles. The van der Waals surface area contributed by atoms with Gasteiger partial charge in [0.2, 0.25) is 0 Å². The summed E-state index contributed by atoms with van der Waals surface area (Å²) in [6.07, 6.45) is 6.76. The highest BCUT2D eigenvalue weighted by atomic mass is 19.1. The van der Waals surface area contributed by atoms with Gasteiger partial charge in [0.25, 0.3) is 0 Å². The molecule has 5 aliphatic rings. The van der Waals surface area contributed by atoms with Crippen molar-refractivity contribution in [2.24, 2.45) is 5.41 Å². The SMILES string of the molecule is CC1CN(CC2(COc3nc(N4CC5CCC(C4)N5)c4c(n3)c3c(n5nccc45)-c4cc(O)cc5ccc(F)c(c45)C3C)CC2)CC(C)O1. The molecule has 10 nitrogen and oxygen atoms in total. The molecule has 5 aromatic rings. The third kappa shape index (κ3) is 4.72. The lowest BCUT2D eigenvalue weighted by Crippen LogP contribution is -2.51. The van der Waals surface area contributed by atoms with Crippen LogP contribution in [0.25, 0.3) is 38.4 Å². The van der Waals surface area contributed by atoms with Gasteiger partial charge in [-0.1, -0.05) is 13.0 Å². The lowest BCUT2D eigenvalue weighted by molar-refractivity contribution is -0.0741. The average Bonchev–Trinajstić information content (AvgIpc) is 3.49. The third-order valence-corrected chi connectivity index (χ3v) is 11.7. The van der Waals surface area contributed by atoms with Crippen LogP contribution in [0.3, 0.4) is 0 Å². The average molecular weight is 664 g/mol. The minimum atomic E-state index is -0.332. The number of pyridine rings is 1. The molecule has 5 atom stereocenters. The molecular weight excluding hydrogens is 621 g/mol. The minimum absolute atomic E-state index is 0.0702. The van der Waals surface area contributed by atoms with E-state index in [1.165, 1.54) is 6.07 Å². The fraction of sp³-hybridized carbons (Fsp3) is 0.500. The van der Waals surface area contributed by atoms with Crippen molar-refractivity contribution >= 4 is 33.0 Å². The number of fused-ring (bicyclic) bond motifs is 9. The van der Waals surface area contributed by atoms with Gasteiger partial charge in [-0.2, -0.15) is 15.1 Å². The zero-order valence-electron chi connectivity index (χ0n) is 28.2. The summed E-state index contributed by atoms with van der Waals surface area (Å²) in [4.78, 5) is 15.4. The number of aromatic hydroxyl groups is 1. The summed E-state index contributed by atoms with van der Waals surface area (Å²) in [5, 5.41) is 22.0. The lowest BCUT2D eigenvalue weighted by Gasteiger charge is -2.37. The van der Waals surface area contributed by atoms with Gasteiger partial charge < -0.3 is 24.8 Å². The van der Waals surface area contributed by atoms with Crippen LogP contribution in [0.2, 0.25) is 0 Å². The predicted octanol–water partition coefficient (Wildman–Crippen LogP) is 5.62. The molecule has 49 heavy (non-hydrogen) atoms. The van der Waals surface area contributed by atoms with Gasteiger partial charge in [0, 0.05) is 72.8 Å². The number of ether oxygens (including phenoxy) is 2. The van der Waals surface area contributed by atoms with Crippen LogP contribution in [-0.4, -0.2) is 93.2 Å². The van der Waals surface area contributed by atoms with Crippen LogP contribution in [0, 0.1) is 11.2 Å². The van der Waals surface area contributed by atoms with E-state index in [2.05, 4.69) is 35.9 Å². The van der Waals surface area contributed by atoms with E-state index in [9.17, 15) is 5.11 Å². The van der Waals surface area contributed by atoms with Crippen molar-refractivity contribution in [2.45, 2.75) is 76.7 Å².